The Kier molecular flexibility index (Phi) is 4.67. The first-order valence-electron chi connectivity index (χ1n) is 6.31. The Morgan fingerprint density at radius 2 is 1.81 bits per heavy atom. The number of carbonyl (C=O) groups excluding carboxylic acids is 1. The number of piperidine rings is 1. The molecule has 1 aromatic carbocycles. The average Bonchev–Trinajstić information content (AvgIpc) is 2.37. The van der Waals surface area contributed by atoms with E-state index in [9.17, 15) is 13.2 Å². The molecule has 1 amide bonds. The van der Waals surface area contributed by atoms with Gasteiger partial charge in [-0.15, -0.1) is 0 Å². The second-order valence-electron chi connectivity index (χ2n) is 4.84. The maximum absolute atomic E-state index is 12.8. The standard InChI is InChI=1S/C12H15Cl2N3O3S/c13-8-5-7(15)6-9(14)11(8)21(19,20)17-4-2-1-3-10(17)12(16)18/h5-6,10H,1-4,15H2,(H2,16,18). The number of nitrogens with zero attached hydrogens (tertiary/aromatic N) is 1. The minimum absolute atomic E-state index is 0.0752. The molecule has 1 heterocycles. The summed E-state index contributed by atoms with van der Waals surface area (Å²) in [5, 5.41) is -0.150. The summed E-state index contributed by atoms with van der Waals surface area (Å²) in [5.74, 6) is -0.680. The Balaban J connectivity index is 2.53. The molecular formula is C12H15Cl2N3O3S. The Labute approximate surface area is 133 Å². The molecule has 1 atom stereocenters. The minimum atomic E-state index is -4.02. The summed E-state index contributed by atoms with van der Waals surface area (Å²) in [6.45, 7) is 0.201. The summed E-state index contributed by atoms with van der Waals surface area (Å²) < 4.78 is 26.6. The molecule has 1 aromatic rings. The van der Waals surface area contributed by atoms with Crippen molar-refractivity contribution in [1.82, 2.24) is 4.31 Å². The van der Waals surface area contributed by atoms with E-state index in [0.29, 0.717) is 12.8 Å². The lowest BCUT2D eigenvalue weighted by Crippen LogP contribution is -2.50. The number of nitrogen functional groups attached to an aromatic ring is 1. The van der Waals surface area contributed by atoms with Crippen LogP contribution in [0.25, 0.3) is 0 Å². The van der Waals surface area contributed by atoms with Crippen LogP contribution in [0.5, 0.6) is 0 Å². The van der Waals surface area contributed by atoms with E-state index in [1.807, 2.05) is 0 Å². The molecule has 4 N–H and O–H groups in total. The third kappa shape index (κ3) is 3.11. The largest absolute Gasteiger partial charge is 0.399 e. The molecular weight excluding hydrogens is 337 g/mol. The van der Waals surface area contributed by atoms with Crippen molar-refractivity contribution in [3.05, 3.63) is 22.2 Å². The number of carbonyl (C=O) groups is 1. The van der Waals surface area contributed by atoms with Crippen LogP contribution in [0, 0.1) is 0 Å². The minimum Gasteiger partial charge on any atom is -0.399 e. The van der Waals surface area contributed by atoms with E-state index < -0.39 is 22.0 Å². The highest BCUT2D eigenvalue weighted by molar-refractivity contribution is 7.89. The molecule has 1 aliphatic rings. The molecule has 0 aromatic heterocycles. The van der Waals surface area contributed by atoms with Gasteiger partial charge in [0.15, 0.2) is 0 Å². The predicted molar refractivity (Wildman–Crippen MR) is 81.6 cm³/mol. The Hall–Kier alpha value is -1.02. The first kappa shape index (κ1) is 16.4. The number of amides is 1. The Morgan fingerprint density at radius 1 is 1.24 bits per heavy atom. The van der Waals surface area contributed by atoms with Gasteiger partial charge in [-0.3, -0.25) is 4.79 Å². The van der Waals surface area contributed by atoms with Gasteiger partial charge in [0.1, 0.15) is 10.9 Å². The lowest BCUT2D eigenvalue weighted by molar-refractivity contribution is -0.122. The van der Waals surface area contributed by atoms with Crippen molar-refractivity contribution >= 4 is 44.8 Å². The first-order chi connectivity index (χ1) is 9.75. The summed E-state index contributed by atoms with van der Waals surface area (Å²) in [6.07, 6.45) is 1.77. The number of primary amides is 1. The summed E-state index contributed by atoms with van der Waals surface area (Å²) in [7, 11) is -4.02. The summed E-state index contributed by atoms with van der Waals surface area (Å²) in [6, 6.07) is 1.74. The number of sulfonamides is 1. The molecule has 1 saturated heterocycles. The predicted octanol–water partition coefficient (Wildman–Crippen LogP) is 1.60. The molecule has 1 fully saturated rings. The monoisotopic (exact) mass is 351 g/mol. The van der Waals surface area contributed by atoms with Gasteiger partial charge in [-0.2, -0.15) is 4.31 Å². The van der Waals surface area contributed by atoms with E-state index in [2.05, 4.69) is 0 Å². The van der Waals surface area contributed by atoms with Crippen molar-refractivity contribution in [2.45, 2.75) is 30.2 Å². The molecule has 0 bridgehead atoms. The normalized spacial score (nSPS) is 20.4. The van der Waals surface area contributed by atoms with Crippen molar-refractivity contribution in [3.8, 4) is 0 Å². The lowest BCUT2D eigenvalue weighted by Gasteiger charge is -2.33. The zero-order valence-electron chi connectivity index (χ0n) is 11.1. The van der Waals surface area contributed by atoms with Gasteiger partial charge in [0.05, 0.1) is 10.0 Å². The summed E-state index contributed by atoms with van der Waals surface area (Å²) in [4.78, 5) is 11.3. The summed E-state index contributed by atoms with van der Waals surface area (Å²) in [5.41, 5.74) is 11.1. The van der Waals surface area contributed by atoms with E-state index in [0.717, 1.165) is 10.7 Å². The Bertz CT molecular complexity index is 655. The highest BCUT2D eigenvalue weighted by Gasteiger charge is 2.38. The Morgan fingerprint density at radius 3 is 2.33 bits per heavy atom. The van der Waals surface area contributed by atoms with Gasteiger partial charge in [-0.25, -0.2) is 8.42 Å². The van der Waals surface area contributed by atoms with Crippen molar-refractivity contribution in [3.63, 3.8) is 0 Å². The van der Waals surface area contributed by atoms with Crippen LogP contribution in [-0.2, 0) is 14.8 Å². The van der Waals surface area contributed by atoms with Gasteiger partial charge >= 0.3 is 0 Å². The SMILES string of the molecule is NC(=O)C1CCCCN1S(=O)(=O)c1c(Cl)cc(N)cc1Cl. The van der Waals surface area contributed by atoms with E-state index in [4.69, 9.17) is 34.7 Å². The van der Waals surface area contributed by atoms with Crippen LogP contribution in [0.2, 0.25) is 10.0 Å². The zero-order chi connectivity index (χ0) is 15.8. The molecule has 0 radical (unpaired) electrons. The van der Waals surface area contributed by atoms with Gasteiger partial charge in [0, 0.05) is 12.2 Å². The second kappa shape index (κ2) is 6.00. The van der Waals surface area contributed by atoms with Crippen molar-refractivity contribution in [2.24, 2.45) is 5.73 Å². The van der Waals surface area contributed by atoms with Crippen LogP contribution in [0.15, 0.2) is 17.0 Å². The molecule has 9 heteroatoms. The van der Waals surface area contributed by atoms with Gasteiger partial charge in [-0.1, -0.05) is 29.6 Å². The number of anilines is 1. The van der Waals surface area contributed by atoms with Crippen molar-refractivity contribution in [1.29, 1.82) is 0 Å². The molecule has 1 aliphatic heterocycles. The number of benzene rings is 1. The topological polar surface area (TPSA) is 106 Å². The molecule has 1 unspecified atom stereocenters. The molecule has 6 nitrogen and oxygen atoms in total. The third-order valence-electron chi connectivity index (χ3n) is 3.37. The van der Waals surface area contributed by atoms with E-state index >= 15 is 0 Å². The second-order valence-corrected chi connectivity index (χ2v) is 7.49. The van der Waals surface area contributed by atoms with Crippen LogP contribution in [-0.4, -0.2) is 31.2 Å². The van der Waals surface area contributed by atoms with Gasteiger partial charge in [0.2, 0.25) is 15.9 Å². The zero-order valence-corrected chi connectivity index (χ0v) is 13.4. The third-order valence-corrected chi connectivity index (χ3v) is 6.20. The highest BCUT2D eigenvalue weighted by atomic mass is 35.5. The van der Waals surface area contributed by atoms with Gasteiger partial charge in [0.25, 0.3) is 0 Å². The molecule has 2 rings (SSSR count). The van der Waals surface area contributed by atoms with E-state index in [1.165, 1.54) is 12.1 Å². The molecule has 0 spiro atoms. The maximum Gasteiger partial charge on any atom is 0.246 e. The van der Waals surface area contributed by atoms with Crippen LogP contribution in [0.4, 0.5) is 5.69 Å². The average molecular weight is 352 g/mol. The van der Waals surface area contributed by atoms with Crippen LogP contribution in [0.3, 0.4) is 0 Å². The first-order valence-corrected chi connectivity index (χ1v) is 8.50. The van der Waals surface area contributed by atoms with E-state index in [1.54, 1.807) is 0 Å². The van der Waals surface area contributed by atoms with Crippen molar-refractivity contribution < 1.29 is 13.2 Å². The molecule has 0 saturated carbocycles. The van der Waals surface area contributed by atoms with Gasteiger partial charge < -0.3 is 11.5 Å². The number of nitrogens with two attached hydrogens (primary N) is 2. The van der Waals surface area contributed by atoms with Crippen LogP contribution >= 0.6 is 23.2 Å². The summed E-state index contributed by atoms with van der Waals surface area (Å²) >= 11 is 12.0. The quantitative estimate of drug-likeness (QED) is 0.806. The highest BCUT2D eigenvalue weighted by Crippen LogP contribution is 2.36. The number of hydrogen-bond acceptors (Lipinski definition) is 4. The maximum atomic E-state index is 12.8. The molecule has 21 heavy (non-hydrogen) atoms. The lowest BCUT2D eigenvalue weighted by atomic mass is 10.0. The van der Waals surface area contributed by atoms with Crippen LogP contribution < -0.4 is 11.5 Å². The van der Waals surface area contributed by atoms with Gasteiger partial charge in [-0.05, 0) is 25.0 Å². The number of rotatable bonds is 3. The molecule has 116 valence electrons. The fourth-order valence-electron chi connectivity index (χ4n) is 2.42. The fourth-order valence-corrected chi connectivity index (χ4v) is 5.27. The number of halogens is 2. The number of hydrogen-bond donors (Lipinski definition) is 2. The van der Waals surface area contributed by atoms with Crippen LogP contribution in [0.1, 0.15) is 19.3 Å². The fraction of sp³-hybridized carbons (Fsp3) is 0.417. The molecule has 0 aliphatic carbocycles. The van der Waals surface area contributed by atoms with E-state index in [-0.39, 0.29) is 27.2 Å². The van der Waals surface area contributed by atoms with Crippen molar-refractivity contribution in [2.75, 3.05) is 12.3 Å². The smallest absolute Gasteiger partial charge is 0.246 e.